The predicted molar refractivity (Wildman–Crippen MR) is 88.2 cm³/mol. The third kappa shape index (κ3) is 4.70. The summed E-state index contributed by atoms with van der Waals surface area (Å²) in [5.74, 6) is 2.53. The number of aromatic nitrogens is 3. The minimum absolute atomic E-state index is 0.291. The predicted octanol–water partition coefficient (Wildman–Crippen LogP) is 3.24. The molecule has 0 spiro atoms. The second kappa shape index (κ2) is 7.25. The van der Waals surface area contributed by atoms with Gasteiger partial charge in [0.05, 0.1) is 0 Å². The van der Waals surface area contributed by atoms with Crippen molar-refractivity contribution in [1.82, 2.24) is 15.0 Å². The Labute approximate surface area is 132 Å². The minimum atomic E-state index is 0.291. The third-order valence-electron chi connectivity index (χ3n) is 3.43. The van der Waals surface area contributed by atoms with Crippen molar-refractivity contribution in [2.24, 2.45) is 11.8 Å². The molecule has 6 heteroatoms. The third-order valence-corrected chi connectivity index (χ3v) is 3.60. The van der Waals surface area contributed by atoms with Crippen LogP contribution in [-0.2, 0) is 0 Å². The van der Waals surface area contributed by atoms with Crippen LogP contribution in [0.4, 0.5) is 11.9 Å². The Morgan fingerprint density at radius 3 is 2.10 bits per heavy atom. The van der Waals surface area contributed by atoms with E-state index in [1.54, 1.807) is 0 Å². The minimum Gasteiger partial charge on any atom is -0.341 e. The normalized spacial score (nSPS) is 15.3. The Bertz CT molecular complexity index is 447. The lowest BCUT2D eigenvalue weighted by molar-refractivity contribution is 0.543. The van der Waals surface area contributed by atoms with Crippen LogP contribution in [-0.4, -0.2) is 41.1 Å². The highest BCUT2D eigenvalue weighted by atomic mass is 35.5. The van der Waals surface area contributed by atoms with Crippen LogP contribution in [0.1, 0.15) is 40.5 Å². The summed E-state index contributed by atoms with van der Waals surface area (Å²) >= 11 is 6.13. The van der Waals surface area contributed by atoms with Crippen LogP contribution in [0.15, 0.2) is 0 Å². The molecule has 1 aromatic rings. The molecule has 0 atom stereocenters. The first-order valence-corrected chi connectivity index (χ1v) is 8.25. The van der Waals surface area contributed by atoms with Crippen molar-refractivity contribution in [1.29, 1.82) is 0 Å². The molecule has 2 rings (SSSR count). The van der Waals surface area contributed by atoms with E-state index in [4.69, 9.17) is 11.6 Å². The fourth-order valence-electron chi connectivity index (χ4n) is 2.65. The molecule has 0 aromatic carbocycles. The molecule has 0 aliphatic carbocycles. The summed E-state index contributed by atoms with van der Waals surface area (Å²) < 4.78 is 0. The maximum atomic E-state index is 6.13. The monoisotopic (exact) mass is 311 g/mol. The smallest absolute Gasteiger partial charge is 0.231 e. The zero-order valence-corrected chi connectivity index (χ0v) is 14.3. The van der Waals surface area contributed by atoms with Crippen LogP contribution in [0.2, 0.25) is 5.28 Å². The molecule has 118 valence electrons. The topological polar surface area (TPSA) is 45.2 Å². The summed E-state index contributed by atoms with van der Waals surface area (Å²) in [6.45, 7) is 12.7. The second-order valence-corrected chi connectivity index (χ2v) is 6.93. The number of hydrogen-bond acceptors (Lipinski definition) is 5. The summed E-state index contributed by atoms with van der Waals surface area (Å²) in [4.78, 5) is 17.7. The van der Waals surface area contributed by atoms with Crippen molar-refractivity contribution in [3.63, 3.8) is 0 Å². The van der Waals surface area contributed by atoms with Crippen LogP contribution in [0.3, 0.4) is 0 Å². The van der Waals surface area contributed by atoms with Gasteiger partial charge in [-0.1, -0.05) is 27.7 Å². The van der Waals surface area contributed by atoms with E-state index in [2.05, 4.69) is 52.4 Å². The van der Waals surface area contributed by atoms with E-state index in [1.807, 2.05) is 0 Å². The summed E-state index contributed by atoms with van der Waals surface area (Å²) in [5.41, 5.74) is 0. The summed E-state index contributed by atoms with van der Waals surface area (Å²) in [5, 5.41) is 0.291. The number of nitrogens with zero attached hydrogens (tertiary/aromatic N) is 5. The molecule has 1 fully saturated rings. The van der Waals surface area contributed by atoms with Gasteiger partial charge in [0, 0.05) is 26.2 Å². The second-order valence-electron chi connectivity index (χ2n) is 6.59. The largest absolute Gasteiger partial charge is 0.341 e. The van der Waals surface area contributed by atoms with Gasteiger partial charge in [-0.05, 0) is 36.3 Å². The van der Waals surface area contributed by atoms with Gasteiger partial charge in [0.25, 0.3) is 0 Å². The molecule has 1 saturated heterocycles. The van der Waals surface area contributed by atoms with Crippen molar-refractivity contribution in [2.75, 3.05) is 36.0 Å². The van der Waals surface area contributed by atoms with Gasteiger partial charge < -0.3 is 9.80 Å². The molecule has 0 radical (unpaired) electrons. The molecule has 2 heterocycles. The van der Waals surface area contributed by atoms with E-state index in [1.165, 1.54) is 12.8 Å². The maximum absolute atomic E-state index is 6.13. The SMILES string of the molecule is CC(C)CN(CC(C)C)c1nc(Cl)nc(N2CCCC2)n1. The fraction of sp³-hybridized carbons (Fsp3) is 0.800. The molecule has 1 aromatic heterocycles. The zero-order valence-electron chi connectivity index (χ0n) is 13.5. The van der Waals surface area contributed by atoms with Crippen molar-refractivity contribution >= 4 is 23.5 Å². The van der Waals surface area contributed by atoms with E-state index in [9.17, 15) is 0 Å². The molecule has 0 bridgehead atoms. The van der Waals surface area contributed by atoms with E-state index in [0.717, 1.165) is 32.1 Å². The first kappa shape index (κ1) is 16.3. The highest BCUT2D eigenvalue weighted by molar-refractivity contribution is 6.28. The van der Waals surface area contributed by atoms with Crippen LogP contribution < -0.4 is 9.80 Å². The molecule has 21 heavy (non-hydrogen) atoms. The van der Waals surface area contributed by atoms with Gasteiger partial charge in [-0.15, -0.1) is 0 Å². The lowest BCUT2D eigenvalue weighted by atomic mass is 10.1. The van der Waals surface area contributed by atoms with E-state index in [-0.39, 0.29) is 0 Å². The average Bonchev–Trinajstić information content (AvgIpc) is 2.90. The first-order valence-electron chi connectivity index (χ1n) is 7.87. The van der Waals surface area contributed by atoms with E-state index in [0.29, 0.717) is 23.1 Å². The first-order chi connectivity index (χ1) is 9.95. The number of rotatable bonds is 6. The van der Waals surface area contributed by atoms with Gasteiger partial charge in [-0.25, -0.2) is 0 Å². The molecule has 5 nitrogen and oxygen atoms in total. The summed E-state index contributed by atoms with van der Waals surface area (Å²) in [6.07, 6.45) is 2.39. The summed E-state index contributed by atoms with van der Waals surface area (Å²) in [7, 11) is 0. The van der Waals surface area contributed by atoms with Gasteiger partial charge in [-0.3, -0.25) is 0 Å². The molecule has 1 aliphatic heterocycles. The van der Waals surface area contributed by atoms with Gasteiger partial charge in [0.2, 0.25) is 17.2 Å². The van der Waals surface area contributed by atoms with Crippen molar-refractivity contribution in [2.45, 2.75) is 40.5 Å². The van der Waals surface area contributed by atoms with Gasteiger partial charge in [0.1, 0.15) is 0 Å². The zero-order chi connectivity index (χ0) is 15.4. The number of hydrogen-bond donors (Lipinski definition) is 0. The molecule has 0 N–H and O–H groups in total. The van der Waals surface area contributed by atoms with Crippen LogP contribution in [0, 0.1) is 11.8 Å². The van der Waals surface area contributed by atoms with Crippen LogP contribution >= 0.6 is 11.6 Å². The fourth-order valence-corrected chi connectivity index (χ4v) is 2.80. The Morgan fingerprint density at radius 1 is 1.00 bits per heavy atom. The standard InChI is InChI=1S/C15H26ClN5/c1-11(2)9-21(10-12(3)4)15-18-13(16)17-14(19-15)20-7-5-6-8-20/h11-12H,5-10H2,1-4H3. The molecule has 0 unspecified atom stereocenters. The Morgan fingerprint density at radius 2 is 1.57 bits per heavy atom. The molecule has 1 aliphatic rings. The number of halogens is 1. The van der Waals surface area contributed by atoms with Gasteiger partial charge in [-0.2, -0.15) is 15.0 Å². The van der Waals surface area contributed by atoms with Crippen molar-refractivity contribution < 1.29 is 0 Å². The Kier molecular flexibility index (Phi) is 5.62. The van der Waals surface area contributed by atoms with Crippen molar-refractivity contribution in [3.8, 4) is 0 Å². The Hall–Kier alpha value is -1.10. The highest BCUT2D eigenvalue weighted by Gasteiger charge is 2.20. The quantitative estimate of drug-likeness (QED) is 0.807. The lowest BCUT2D eigenvalue weighted by Gasteiger charge is -2.27. The molecular weight excluding hydrogens is 286 g/mol. The van der Waals surface area contributed by atoms with Gasteiger partial charge in [0.15, 0.2) is 0 Å². The highest BCUT2D eigenvalue weighted by Crippen LogP contribution is 2.21. The number of anilines is 2. The average molecular weight is 312 g/mol. The lowest BCUT2D eigenvalue weighted by Crippen LogP contribution is -2.33. The molecule has 0 saturated carbocycles. The molecular formula is C15H26ClN5. The summed E-state index contributed by atoms with van der Waals surface area (Å²) in [6, 6.07) is 0. The van der Waals surface area contributed by atoms with Crippen LogP contribution in [0.5, 0.6) is 0 Å². The van der Waals surface area contributed by atoms with E-state index < -0.39 is 0 Å². The van der Waals surface area contributed by atoms with E-state index >= 15 is 0 Å². The van der Waals surface area contributed by atoms with Crippen LogP contribution in [0.25, 0.3) is 0 Å². The maximum Gasteiger partial charge on any atom is 0.231 e. The van der Waals surface area contributed by atoms with Gasteiger partial charge >= 0.3 is 0 Å². The Balaban J connectivity index is 2.25. The molecule has 0 amide bonds. The van der Waals surface area contributed by atoms with Crippen molar-refractivity contribution in [3.05, 3.63) is 5.28 Å².